The summed E-state index contributed by atoms with van der Waals surface area (Å²) < 4.78 is 22.9. The van der Waals surface area contributed by atoms with E-state index in [1.54, 1.807) is 0 Å². The largest absolute Gasteiger partial charge is 0.545 e. The Morgan fingerprint density at radius 3 is 2.42 bits per heavy atom. The van der Waals surface area contributed by atoms with Crippen LogP contribution in [-0.2, 0) is 19.4 Å². The van der Waals surface area contributed by atoms with Gasteiger partial charge >= 0.3 is 0 Å². The van der Waals surface area contributed by atoms with Crippen LogP contribution in [-0.4, -0.2) is 49.3 Å². The summed E-state index contributed by atoms with van der Waals surface area (Å²) in [6, 6.07) is -0.369. The molecule has 0 unspecified atom stereocenters. The maximum Gasteiger partial charge on any atom is 0.246 e. The third kappa shape index (κ3) is 5.02. The van der Waals surface area contributed by atoms with E-state index in [1.165, 1.54) is 4.90 Å². The molecule has 7 heteroatoms. The van der Waals surface area contributed by atoms with E-state index in [0.717, 1.165) is 6.08 Å². The molecule has 19 heavy (non-hydrogen) atoms. The predicted molar refractivity (Wildman–Crippen MR) is 67.8 cm³/mol. The number of carbonyl (C=O) groups excluding carboxylic acids is 2. The van der Waals surface area contributed by atoms with Gasteiger partial charge in [0.15, 0.2) is 9.84 Å². The van der Waals surface area contributed by atoms with Crippen molar-refractivity contribution in [3.05, 3.63) is 12.2 Å². The lowest BCUT2D eigenvalue weighted by atomic mass is 10.1. The van der Waals surface area contributed by atoms with Gasteiger partial charge in [-0.3, -0.25) is 4.79 Å². The molecule has 0 aliphatic carbocycles. The first-order chi connectivity index (χ1) is 8.71. The minimum atomic E-state index is -3.09. The molecule has 0 saturated carbocycles. The fourth-order valence-electron chi connectivity index (χ4n) is 2.07. The Hall–Kier alpha value is -1.37. The zero-order valence-corrected chi connectivity index (χ0v) is 11.9. The van der Waals surface area contributed by atoms with Gasteiger partial charge in [0.1, 0.15) is 0 Å². The standard InChI is InChI=1S/C12H19NO5S/c1-9(2)7-13(11(14)3-4-12(15)16)10-5-6-19(17,18)8-10/h3-4,9-10H,5-8H2,1-2H3,(H,15,16)/p-1/b4-3+/t10-/m1/s1. The Morgan fingerprint density at radius 2 is 2.00 bits per heavy atom. The molecule has 1 fully saturated rings. The summed E-state index contributed by atoms with van der Waals surface area (Å²) in [5.41, 5.74) is 0. The van der Waals surface area contributed by atoms with Crippen molar-refractivity contribution < 1.29 is 23.1 Å². The number of hydrogen-bond donors (Lipinski definition) is 0. The molecule has 1 rings (SSSR count). The molecule has 108 valence electrons. The molecular formula is C12H18NO5S-. The second-order valence-electron chi connectivity index (χ2n) is 5.09. The van der Waals surface area contributed by atoms with Crippen molar-refractivity contribution in [3.8, 4) is 0 Å². The van der Waals surface area contributed by atoms with E-state index in [-0.39, 0.29) is 23.5 Å². The first kappa shape index (κ1) is 15.7. The molecule has 1 saturated heterocycles. The van der Waals surface area contributed by atoms with Gasteiger partial charge < -0.3 is 14.8 Å². The molecule has 0 aromatic heterocycles. The molecule has 1 aliphatic rings. The van der Waals surface area contributed by atoms with Crippen molar-refractivity contribution in [1.82, 2.24) is 4.90 Å². The highest BCUT2D eigenvalue weighted by molar-refractivity contribution is 7.91. The number of aliphatic carboxylic acids is 1. The molecule has 0 aromatic carbocycles. The molecule has 6 nitrogen and oxygen atoms in total. The minimum Gasteiger partial charge on any atom is -0.545 e. The molecule has 1 amide bonds. The third-order valence-corrected chi connectivity index (χ3v) is 4.61. The molecule has 1 heterocycles. The van der Waals surface area contributed by atoms with Gasteiger partial charge in [0.05, 0.1) is 17.5 Å². The number of carbonyl (C=O) groups is 2. The maximum absolute atomic E-state index is 11.9. The zero-order valence-electron chi connectivity index (χ0n) is 11.0. The van der Waals surface area contributed by atoms with Gasteiger partial charge in [-0.15, -0.1) is 0 Å². The Morgan fingerprint density at radius 1 is 1.37 bits per heavy atom. The minimum absolute atomic E-state index is 0.0510. The highest BCUT2D eigenvalue weighted by Crippen LogP contribution is 2.19. The van der Waals surface area contributed by atoms with Crippen LogP contribution in [0.5, 0.6) is 0 Å². The van der Waals surface area contributed by atoms with E-state index < -0.39 is 21.7 Å². The van der Waals surface area contributed by atoms with Crippen molar-refractivity contribution in [2.24, 2.45) is 5.92 Å². The van der Waals surface area contributed by atoms with Crippen LogP contribution in [0, 0.1) is 5.92 Å². The molecule has 0 N–H and O–H groups in total. The molecule has 0 spiro atoms. The number of rotatable bonds is 5. The van der Waals surface area contributed by atoms with Crippen LogP contribution in [0.2, 0.25) is 0 Å². The van der Waals surface area contributed by atoms with E-state index in [4.69, 9.17) is 0 Å². The summed E-state index contributed by atoms with van der Waals surface area (Å²) in [5.74, 6) is -1.74. The quantitative estimate of drug-likeness (QED) is 0.603. The molecule has 1 atom stereocenters. The topological polar surface area (TPSA) is 94.6 Å². The van der Waals surface area contributed by atoms with E-state index >= 15 is 0 Å². The molecule has 0 radical (unpaired) electrons. The van der Waals surface area contributed by atoms with Crippen LogP contribution in [0.3, 0.4) is 0 Å². The van der Waals surface area contributed by atoms with Crippen molar-refractivity contribution in [1.29, 1.82) is 0 Å². The summed E-state index contributed by atoms with van der Waals surface area (Å²) in [6.07, 6.45) is 1.99. The number of amides is 1. The lowest BCUT2D eigenvalue weighted by Gasteiger charge is -2.28. The van der Waals surface area contributed by atoms with Gasteiger partial charge in [-0.05, 0) is 18.4 Å². The lowest BCUT2D eigenvalue weighted by molar-refractivity contribution is -0.297. The van der Waals surface area contributed by atoms with Gasteiger partial charge in [-0.1, -0.05) is 13.8 Å². The average Bonchev–Trinajstić information content (AvgIpc) is 2.62. The third-order valence-electron chi connectivity index (χ3n) is 2.86. The smallest absolute Gasteiger partial charge is 0.246 e. The van der Waals surface area contributed by atoms with Crippen LogP contribution in [0.4, 0.5) is 0 Å². The van der Waals surface area contributed by atoms with Gasteiger partial charge in [0.2, 0.25) is 5.91 Å². The Bertz CT molecular complexity index is 480. The second kappa shape index (κ2) is 6.18. The van der Waals surface area contributed by atoms with Gasteiger partial charge in [0, 0.05) is 18.7 Å². The molecule has 0 bridgehead atoms. The van der Waals surface area contributed by atoms with Crippen molar-refractivity contribution >= 4 is 21.7 Å². The Labute approximate surface area is 113 Å². The fraction of sp³-hybridized carbons (Fsp3) is 0.667. The SMILES string of the molecule is CC(C)CN(C(=O)/C=C/C(=O)[O-])[C@@H]1CCS(=O)(=O)C1. The van der Waals surface area contributed by atoms with Gasteiger partial charge in [0.25, 0.3) is 0 Å². The number of carboxylic acid groups (broad SMARTS) is 1. The van der Waals surface area contributed by atoms with Gasteiger partial charge in [-0.2, -0.15) is 0 Å². The van der Waals surface area contributed by atoms with E-state index in [1.807, 2.05) is 13.8 Å². The summed E-state index contributed by atoms with van der Waals surface area (Å²) >= 11 is 0. The fourth-order valence-corrected chi connectivity index (χ4v) is 3.80. The summed E-state index contributed by atoms with van der Waals surface area (Å²) in [7, 11) is -3.09. The van der Waals surface area contributed by atoms with E-state index in [9.17, 15) is 23.1 Å². The zero-order chi connectivity index (χ0) is 14.6. The number of sulfone groups is 1. The van der Waals surface area contributed by atoms with Crippen molar-refractivity contribution in [3.63, 3.8) is 0 Å². The molecule has 1 aliphatic heterocycles. The van der Waals surface area contributed by atoms with Crippen LogP contribution in [0.15, 0.2) is 12.2 Å². The first-order valence-electron chi connectivity index (χ1n) is 6.11. The van der Waals surface area contributed by atoms with Crippen LogP contribution in [0.1, 0.15) is 20.3 Å². The van der Waals surface area contributed by atoms with Crippen LogP contribution >= 0.6 is 0 Å². The van der Waals surface area contributed by atoms with Crippen LogP contribution in [0.25, 0.3) is 0 Å². The number of nitrogens with zero attached hydrogens (tertiary/aromatic N) is 1. The first-order valence-corrected chi connectivity index (χ1v) is 7.93. The average molecular weight is 288 g/mol. The molecular weight excluding hydrogens is 270 g/mol. The Balaban J connectivity index is 2.83. The maximum atomic E-state index is 11.9. The highest BCUT2D eigenvalue weighted by atomic mass is 32.2. The highest BCUT2D eigenvalue weighted by Gasteiger charge is 2.34. The summed E-state index contributed by atoms with van der Waals surface area (Å²) in [4.78, 5) is 23.7. The monoisotopic (exact) mass is 288 g/mol. The normalized spacial score (nSPS) is 21.9. The van der Waals surface area contributed by atoms with Crippen molar-refractivity contribution in [2.45, 2.75) is 26.3 Å². The molecule has 0 aromatic rings. The van der Waals surface area contributed by atoms with E-state index in [2.05, 4.69) is 0 Å². The van der Waals surface area contributed by atoms with Gasteiger partial charge in [-0.25, -0.2) is 8.42 Å². The Kier molecular flexibility index (Phi) is 5.11. The summed E-state index contributed by atoms with van der Waals surface area (Å²) in [5, 5.41) is 10.3. The van der Waals surface area contributed by atoms with Crippen LogP contribution < -0.4 is 5.11 Å². The lowest BCUT2D eigenvalue weighted by Crippen LogP contribution is -2.42. The number of carboxylic acids is 1. The number of hydrogen-bond acceptors (Lipinski definition) is 5. The second-order valence-corrected chi connectivity index (χ2v) is 7.32. The van der Waals surface area contributed by atoms with Crippen molar-refractivity contribution in [2.75, 3.05) is 18.1 Å². The predicted octanol–water partition coefficient (Wildman–Crippen LogP) is -1.04. The summed E-state index contributed by atoms with van der Waals surface area (Å²) in [6.45, 7) is 4.22. The van der Waals surface area contributed by atoms with E-state index in [0.29, 0.717) is 19.0 Å².